The molecule has 2 aromatic carbocycles. The summed E-state index contributed by atoms with van der Waals surface area (Å²) in [5.74, 6) is 0.873. The van der Waals surface area contributed by atoms with Crippen LogP contribution in [0.4, 0.5) is 0 Å². The van der Waals surface area contributed by atoms with Crippen molar-refractivity contribution in [3.63, 3.8) is 0 Å². The SMILES string of the molecule is CSC1Oc2cc(cc3ccccc23)C1=O. The summed E-state index contributed by atoms with van der Waals surface area (Å²) in [6.07, 6.45) is 1.89. The minimum atomic E-state index is -0.389. The van der Waals surface area contributed by atoms with Crippen LogP contribution in [0.1, 0.15) is 10.4 Å². The minimum Gasteiger partial charge on any atom is -0.471 e. The molecule has 0 saturated heterocycles. The van der Waals surface area contributed by atoms with Crippen LogP contribution in [0, 0.1) is 0 Å². The Bertz CT molecular complexity index is 577. The van der Waals surface area contributed by atoms with Crippen molar-refractivity contribution < 1.29 is 9.53 Å². The summed E-state index contributed by atoms with van der Waals surface area (Å²) >= 11 is 1.43. The van der Waals surface area contributed by atoms with E-state index < -0.39 is 0 Å². The zero-order valence-electron chi connectivity index (χ0n) is 8.77. The molecule has 2 bridgehead atoms. The second-order valence-electron chi connectivity index (χ2n) is 3.75. The highest BCUT2D eigenvalue weighted by Gasteiger charge is 2.27. The average molecular weight is 230 g/mol. The number of benzene rings is 2. The maximum absolute atomic E-state index is 11.9. The van der Waals surface area contributed by atoms with Gasteiger partial charge in [-0.15, -0.1) is 11.8 Å². The van der Waals surface area contributed by atoms with Crippen molar-refractivity contribution in [1.29, 1.82) is 0 Å². The number of thioether (sulfide) groups is 1. The number of fused-ring (bicyclic) bond motifs is 4. The molecule has 1 heterocycles. The van der Waals surface area contributed by atoms with E-state index in [-0.39, 0.29) is 11.2 Å². The Morgan fingerprint density at radius 2 is 2.06 bits per heavy atom. The Morgan fingerprint density at radius 3 is 2.88 bits per heavy atom. The molecule has 0 radical (unpaired) electrons. The van der Waals surface area contributed by atoms with Crippen LogP contribution >= 0.6 is 11.8 Å². The van der Waals surface area contributed by atoms with E-state index in [1.165, 1.54) is 11.8 Å². The molecular weight excluding hydrogens is 220 g/mol. The number of Topliss-reactive ketones (excluding diaryl/α,β-unsaturated/α-hetero) is 1. The maximum atomic E-state index is 11.9. The molecule has 0 aliphatic carbocycles. The normalized spacial score (nSPS) is 18.6. The second-order valence-corrected chi connectivity index (χ2v) is 4.64. The van der Waals surface area contributed by atoms with E-state index in [9.17, 15) is 4.79 Å². The van der Waals surface area contributed by atoms with Gasteiger partial charge in [0.05, 0.1) is 0 Å². The smallest absolute Gasteiger partial charge is 0.213 e. The lowest BCUT2D eigenvalue weighted by Gasteiger charge is -2.23. The molecule has 1 atom stereocenters. The number of ketones is 1. The molecule has 3 heteroatoms. The number of ether oxygens (including phenoxy) is 1. The predicted molar refractivity (Wildman–Crippen MR) is 66.2 cm³/mol. The molecule has 0 N–H and O–H groups in total. The van der Waals surface area contributed by atoms with Crippen molar-refractivity contribution in [2.45, 2.75) is 5.44 Å². The standard InChI is InChI=1S/C13H10O2S/c1-16-13-12(14)9-6-8-4-2-3-5-10(8)11(7-9)15-13/h2-7,13H,1H3. The lowest BCUT2D eigenvalue weighted by atomic mass is 10.0. The van der Waals surface area contributed by atoms with E-state index >= 15 is 0 Å². The first-order valence-electron chi connectivity index (χ1n) is 5.06. The molecule has 0 saturated carbocycles. The molecule has 0 spiro atoms. The third kappa shape index (κ3) is 1.32. The van der Waals surface area contributed by atoms with Gasteiger partial charge in [-0.1, -0.05) is 24.3 Å². The Hall–Kier alpha value is -1.48. The van der Waals surface area contributed by atoms with Gasteiger partial charge in [0.1, 0.15) is 5.75 Å². The summed E-state index contributed by atoms with van der Waals surface area (Å²) in [5.41, 5.74) is 0.360. The Labute approximate surface area is 97.6 Å². The fraction of sp³-hybridized carbons (Fsp3) is 0.154. The van der Waals surface area contributed by atoms with Gasteiger partial charge in [0, 0.05) is 10.9 Å². The van der Waals surface area contributed by atoms with Crippen molar-refractivity contribution in [1.82, 2.24) is 0 Å². The van der Waals surface area contributed by atoms with E-state index in [4.69, 9.17) is 4.74 Å². The molecule has 1 aliphatic heterocycles. The van der Waals surface area contributed by atoms with Gasteiger partial charge >= 0.3 is 0 Å². The molecule has 1 aliphatic rings. The fourth-order valence-corrected chi connectivity index (χ4v) is 2.53. The number of hydrogen-bond acceptors (Lipinski definition) is 3. The Morgan fingerprint density at radius 1 is 1.25 bits per heavy atom. The van der Waals surface area contributed by atoms with Crippen LogP contribution in [0.3, 0.4) is 0 Å². The van der Waals surface area contributed by atoms with Crippen molar-refractivity contribution >= 4 is 28.3 Å². The van der Waals surface area contributed by atoms with E-state index in [1.807, 2.05) is 42.7 Å². The van der Waals surface area contributed by atoms with Crippen molar-refractivity contribution in [3.8, 4) is 5.75 Å². The molecule has 0 amide bonds. The highest BCUT2D eigenvalue weighted by atomic mass is 32.2. The van der Waals surface area contributed by atoms with E-state index in [0.717, 1.165) is 22.1 Å². The molecule has 16 heavy (non-hydrogen) atoms. The van der Waals surface area contributed by atoms with Crippen LogP contribution < -0.4 is 4.74 Å². The summed E-state index contributed by atoms with van der Waals surface area (Å²) < 4.78 is 5.68. The average Bonchev–Trinajstić information content (AvgIpc) is 2.33. The fourth-order valence-electron chi connectivity index (χ4n) is 1.98. The van der Waals surface area contributed by atoms with Crippen LogP contribution in [0.15, 0.2) is 36.4 Å². The monoisotopic (exact) mass is 230 g/mol. The summed E-state index contributed by atoms with van der Waals surface area (Å²) in [5, 5.41) is 2.13. The Balaban J connectivity index is 2.28. The molecule has 80 valence electrons. The lowest BCUT2D eigenvalue weighted by molar-refractivity contribution is 0.0880. The highest BCUT2D eigenvalue weighted by Crippen LogP contribution is 2.34. The molecule has 2 nitrogen and oxygen atoms in total. The number of hydrogen-bond donors (Lipinski definition) is 0. The summed E-state index contributed by atoms with van der Waals surface area (Å²) in [4.78, 5) is 11.9. The van der Waals surface area contributed by atoms with Gasteiger partial charge in [-0.05, 0) is 23.8 Å². The number of rotatable bonds is 1. The van der Waals surface area contributed by atoms with Gasteiger partial charge in [-0.25, -0.2) is 0 Å². The van der Waals surface area contributed by atoms with Crippen LogP contribution in [-0.2, 0) is 0 Å². The summed E-state index contributed by atoms with van der Waals surface area (Å²) in [7, 11) is 0. The summed E-state index contributed by atoms with van der Waals surface area (Å²) in [6, 6.07) is 11.7. The van der Waals surface area contributed by atoms with Gasteiger partial charge in [0.2, 0.25) is 11.2 Å². The van der Waals surface area contributed by atoms with Crippen molar-refractivity contribution in [3.05, 3.63) is 42.0 Å². The third-order valence-electron chi connectivity index (χ3n) is 2.77. The van der Waals surface area contributed by atoms with Crippen LogP contribution in [0.25, 0.3) is 10.8 Å². The molecular formula is C13H10O2S. The molecule has 0 aromatic heterocycles. The zero-order valence-corrected chi connectivity index (χ0v) is 9.58. The van der Waals surface area contributed by atoms with Crippen LogP contribution in [0.5, 0.6) is 5.75 Å². The minimum absolute atomic E-state index is 0.0609. The molecule has 3 rings (SSSR count). The zero-order chi connectivity index (χ0) is 11.1. The maximum Gasteiger partial charge on any atom is 0.213 e. The molecule has 2 aromatic rings. The van der Waals surface area contributed by atoms with Crippen molar-refractivity contribution in [2.24, 2.45) is 0 Å². The van der Waals surface area contributed by atoms with Crippen LogP contribution in [-0.4, -0.2) is 17.5 Å². The first kappa shape index (κ1) is 9.73. The van der Waals surface area contributed by atoms with Crippen LogP contribution in [0.2, 0.25) is 0 Å². The third-order valence-corrected chi connectivity index (χ3v) is 3.51. The molecule has 0 fully saturated rings. The van der Waals surface area contributed by atoms with Gasteiger partial charge in [0.15, 0.2) is 0 Å². The second kappa shape index (κ2) is 3.52. The van der Waals surface area contributed by atoms with Crippen molar-refractivity contribution in [2.75, 3.05) is 6.26 Å². The summed E-state index contributed by atoms with van der Waals surface area (Å²) in [6.45, 7) is 0. The Kier molecular flexibility index (Phi) is 2.14. The quantitative estimate of drug-likeness (QED) is 0.753. The number of carbonyl (C=O) groups is 1. The van der Waals surface area contributed by atoms with E-state index in [1.54, 1.807) is 0 Å². The van der Waals surface area contributed by atoms with E-state index in [2.05, 4.69) is 0 Å². The van der Waals surface area contributed by atoms with E-state index in [0.29, 0.717) is 0 Å². The van der Waals surface area contributed by atoms with Gasteiger partial charge < -0.3 is 4.74 Å². The lowest BCUT2D eigenvalue weighted by Crippen LogP contribution is -2.27. The number of carbonyl (C=O) groups excluding carboxylic acids is 1. The van der Waals surface area contributed by atoms with Gasteiger partial charge in [-0.3, -0.25) is 4.79 Å². The first-order chi connectivity index (χ1) is 7.79. The molecule has 1 unspecified atom stereocenters. The van der Waals surface area contributed by atoms with Gasteiger partial charge in [0.25, 0.3) is 0 Å². The first-order valence-corrected chi connectivity index (χ1v) is 6.35. The predicted octanol–water partition coefficient (Wildman–Crippen LogP) is 3.10. The highest BCUT2D eigenvalue weighted by molar-refractivity contribution is 7.99. The topological polar surface area (TPSA) is 26.3 Å². The van der Waals surface area contributed by atoms with Gasteiger partial charge in [-0.2, -0.15) is 0 Å². The largest absolute Gasteiger partial charge is 0.471 e.